The van der Waals surface area contributed by atoms with Gasteiger partial charge in [0, 0.05) is 10.9 Å². The Morgan fingerprint density at radius 1 is 1.62 bits per heavy atom. The first-order chi connectivity index (χ1) is 7.45. The number of pyridine rings is 1. The molecule has 0 aliphatic rings. The number of carboxylic acid groups (broad SMARTS) is 1. The van der Waals surface area contributed by atoms with Crippen LogP contribution in [-0.4, -0.2) is 16.1 Å². The summed E-state index contributed by atoms with van der Waals surface area (Å²) in [7, 11) is 0. The second-order valence-electron chi connectivity index (χ2n) is 2.97. The van der Waals surface area contributed by atoms with Crippen LogP contribution in [0.15, 0.2) is 6.07 Å². The van der Waals surface area contributed by atoms with Crippen LogP contribution in [0, 0.1) is 3.70 Å². The zero-order chi connectivity index (χ0) is 12.3. The molecule has 1 aromatic rings. The molecule has 7 heteroatoms. The number of nitrogens with zero attached hydrogens (tertiary/aromatic N) is 1. The Hall–Kier alpha value is -0.310. The molecule has 1 heterocycles. The topological polar surface area (TPSA) is 50.2 Å². The van der Waals surface area contributed by atoms with Crippen molar-refractivity contribution in [3.05, 3.63) is 26.6 Å². The van der Waals surface area contributed by atoms with E-state index in [0.717, 1.165) is 0 Å². The van der Waals surface area contributed by atoms with Crippen molar-refractivity contribution < 1.29 is 18.7 Å². The van der Waals surface area contributed by atoms with E-state index in [1.165, 1.54) is 6.07 Å². The number of carboxylic acids is 1. The first kappa shape index (κ1) is 13.8. The van der Waals surface area contributed by atoms with Crippen molar-refractivity contribution in [2.75, 3.05) is 0 Å². The van der Waals surface area contributed by atoms with Crippen molar-refractivity contribution in [1.29, 1.82) is 0 Å². The summed E-state index contributed by atoms with van der Waals surface area (Å²) in [5.41, 5.74) is 0.0363. The molecule has 0 atom stereocenters. The highest BCUT2D eigenvalue weighted by Crippen LogP contribution is 2.28. The van der Waals surface area contributed by atoms with E-state index < -0.39 is 18.8 Å². The van der Waals surface area contributed by atoms with E-state index in [0.29, 0.717) is 9.26 Å². The van der Waals surface area contributed by atoms with Gasteiger partial charge in [-0.1, -0.05) is 15.9 Å². The fraction of sp³-hybridized carbons (Fsp3) is 0.333. The summed E-state index contributed by atoms with van der Waals surface area (Å²) in [6.07, 6.45) is -3.21. The largest absolute Gasteiger partial charge is 0.481 e. The summed E-state index contributed by atoms with van der Waals surface area (Å²) in [6, 6.07) is 1.52. The molecule has 3 nitrogen and oxygen atoms in total. The van der Waals surface area contributed by atoms with Gasteiger partial charge in [-0.05, 0) is 34.2 Å². The highest BCUT2D eigenvalue weighted by Gasteiger charge is 2.21. The number of alkyl halides is 3. The molecule has 1 N–H and O–H groups in total. The molecule has 0 spiro atoms. The minimum atomic E-state index is -2.72. The fourth-order valence-corrected chi connectivity index (χ4v) is 2.41. The molecule has 0 fully saturated rings. The van der Waals surface area contributed by atoms with Crippen molar-refractivity contribution in [1.82, 2.24) is 4.98 Å². The molecule has 1 rings (SSSR count). The molecule has 0 saturated heterocycles. The van der Waals surface area contributed by atoms with Crippen LogP contribution in [0.5, 0.6) is 0 Å². The Bertz CT molecular complexity index is 415. The van der Waals surface area contributed by atoms with Gasteiger partial charge in [0.1, 0.15) is 3.70 Å². The monoisotopic (exact) mass is 405 g/mol. The Morgan fingerprint density at radius 3 is 2.69 bits per heavy atom. The molecular weight excluding hydrogens is 399 g/mol. The number of carbonyl (C=O) groups is 1. The van der Waals surface area contributed by atoms with E-state index in [1.807, 2.05) is 22.6 Å². The Kier molecular flexibility index (Phi) is 5.03. The van der Waals surface area contributed by atoms with Gasteiger partial charge in [-0.2, -0.15) is 0 Å². The second-order valence-corrected chi connectivity index (χ2v) is 4.64. The van der Waals surface area contributed by atoms with E-state index in [-0.39, 0.29) is 16.6 Å². The molecule has 88 valence electrons. The lowest BCUT2D eigenvalue weighted by Gasteiger charge is -2.11. The van der Waals surface area contributed by atoms with E-state index in [1.54, 1.807) is 0 Å². The Balaban J connectivity index is 3.32. The predicted octanol–water partition coefficient (Wildman–Crippen LogP) is 3.15. The van der Waals surface area contributed by atoms with Crippen LogP contribution >= 0.6 is 38.5 Å². The third-order valence-corrected chi connectivity index (χ3v) is 3.03. The predicted molar refractivity (Wildman–Crippen MR) is 65.9 cm³/mol. The maximum absolute atomic E-state index is 12.8. The third kappa shape index (κ3) is 3.34. The van der Waals surface area contributed by atoms with Gasteiger partial charge >= 0.3 is 5.97 Å². The van der Waals surface area contributed by atoms with Crippen LogP contribution < -0.4 is 0 Å². The number of hydrogen-bond acceptors (Lipinski definition) is 2. The van der Waals surface area contributed by atoms with Crippen molar-refractivity contribution >= 4 is 44.5 Å². The molecule has 0 saturated carbocycles. The average Bonchev–Trinajstić information content (AvgIpc) is 2.14. The van der Waals surface area contributed by atoms with Gasteiger partial charge in [0.05, 0.1) is 12.1 Å². The summed E-state index contributed by atoms with van der Waals surface area (Å²) in [6.45, 7) is 0. The molecule has 1 aromatic heterocycles. The van der Waals surface area contributed by atoms with Crippen molar-refractivity contribution in [3.63, 3.8) is 0 Å². The van der Waals surface area contributed by atoms with Gasteiger partial charge in [-0.15, -0.1) is 0 Å². The van der Waals surface area contributed by atoms with E-state index in [4.69, 9.17) is 5.11 Å². The third-order valence-electron chi connectivity index (χ3n) is 1.87. The summed E-state index contributed by atoms with van der Waals surface area (Å²) >= 11 is 4.97. The lowest BCUT2D eigenvalue weighted by atomic mass is 10.1. The van der Waals surface area contributed by atoms with Crippen molar-refractivity contribution in [2.24, 2.45) is 0 Å². The van der Waals surface area contributed by atoms with E-state index in [2.05, 4.69) is 20.9 Å². The maximum atomic E-state index is 12.8. The fourth-order valence-electron chi connectivity index (χ4n) is 1.28. The Labute approximate surface area is 113 Å². The first-order valence-corrected chi connectivity index (χ1v) is 6.39. The van der Waals surface area contributed by atoms with Gasteiger partial charge < -0.3 is 5.11 Å². The summed E-state index contributed by atoms with van der Waals surface area (Å²) in [4.78, 5) is 14.4. The molecule has 0 amide bonds. The highest BCUT2D eigenvalue weighted by atomic mass is 127. The van der Waals surface area contributed by atoms with Crippen LogP contribution in [0.1, 0.15) is 23.2 Å². The maximum Gasteiger partial charge on any atom is 0.309 e. The summed E-state index contributed by atoms with van der Waals surface area (Å²) in [5.74, 6) is -1.17. The Morgan fingerprint density at radius 2 is 2.25 bits per heavy atom. The summed E-state index contributed by atoms with van der Waals surface area (Å²) < 4.78 is 26.1. The normalized spacial score (nSPS) is 10.8. The standard InChI is InChI=1S/C9H7BrF2INO2/c10-3-4-1-6(13)14-5(2-7(15)16)8(4)9(11)12/h1,9H,2-3H2,(H,15,16). The van der Waals surface area contributed by atoms with Gasteiger partial charge in [-0.3, -0.25) is 4.79 Å². The van der Waals surface area contributed by atoms with Crippen LogP contribution in [0.3, 0.4) is 0 Å². The van der Waals surface area contributed by atoms with Gasteiger partial charge in [0.2, 0.25) is 0 Å². The summed E-state index contributed by atoms with van der Waals surface area (Å²) in [5, 5.41) is 8.88. The van der Waals surface area contributed by atoms with Gasteiger partial charge in [0.15, 0.2) is 0 Å². The molecule has 0 aliphatic carbocycles. The quantitative estimate of drug-likeness (QED) is 0.475. The van der Waals surface area contributed by atoms with Crippen LogP contribution in [0.25, 0.3) is 0 Å². The minimum absolute atomic E-state index is 0.0659. The van der Waals surface area contributed by atoms with Gasteiger partial charge in [-0.25, -0.2) is 13.8 Å². The number of rotatable bonds is 4. The number of aromatic nitrogens is 1. The van der Waals surface area contributed by atoms with Gasteiger partial charge in [0.25, 0.3) is 6.43 Å². The average molecular weight is 406 g/mol. The first-order valence-electron chi connectivity index (χ1n) is 4.19. The molecule has 0 bridgehead atoms. The molecule has 0 radical (unpaired) electrons. The van der Waals surface area contributed by atoms with Crippen LogP contribution in [0.2, 0.25) is 0 Å². The SMILES string of the molecule is O=C(O)Cc1nc(I)cc(CBr)c1C(F)F. The number of aliphatic carboxylic acids is 1. The van der Waals surface area contributed by atoms with E-state index >= 15 is 0 Å². The van der Waals surface area contributed by atoms with Crippen molar-refractivity contribution in [2.45, 2.75) is 18.2 Å². The smallest absolute Gasteiger partial charge is 0.309 e. The van der Waals surface area contributed by atoms with Crippen molar-refractivity contribution in [3.8, 4) is 0 Å². The lowest BCUT2D eigenvalue weighted by Crippen LogP contribution is -2.10. The van der Waals surface area contributed by atoms with Crippen LogP contribution in [-0.2, 0) is 16.5 Å². The lowest BCUT2D eigenvalue weighted by molar-refractivity contribution is -0.136. The van der Waals surface area contributed by atoms with Crippen LogP contribution in [0.4, 0.5) is 8.78 Å². The second kappa shape index (κ2) is 5.85. The molecule has 0 aromatic carbocycles. The molecular formula is C9H7BrF2INO2. The number of halogens is 4. The molecule has 0 aliphatic heterocycles. The minimum Gasteiger partial charge on any atom is -0.481 e. The highest BCUT2D eigenvalue weighted by molar-refractivity contribution is 14.1. The number of hydrogen-bond donors (Lipinski definition) is 1. The zero-order valence-corrected chi connectivity index (χ0v) is 11.6. The molecule has 16 heavy (non-hydrogen) atoms. The van der Waals surface area contributed by atoms with E-state index in [9.17, 15) is 13.6 Å². The molecule has 0 unspecified atom stereocenters. The zero-order valence-electron chi connectivity index (χ0n) is 7.88.